The van der Waals surface area contributed by atoms with E-state index >= 15 is 0 Å². The summed E-state index contributed by atoms with van der Waals surface area (Å²) in [4.78, 5) is 4.27. The summed E-state index contributed by atoms with van der Waals surface area (Å²) in [5.41, 5.74) is 4.76. The first-order valence-corrected chi connectivity index (χ1v) is 6.90. The van der Waals surface area contributed by atoms with Crippen LogP contribution in [0.4, 0.5) is 0 Å². The number of pyridine rings is 1. The summed E-state index contributed by atoms with van der Waals surface area (Å²) in [5.74, 6) is 0. The van der Waals surface area contributed by atoms with Crippen molar-refractivity contribution in [1.82, 2.24) is 4.98 Å². The van der Waals surface area contributed by atoms with Gasteiger partial charge in [-0.05, 0) is 44.8 Å². The van der Waals surface area contributed by atoms with E-state index in [-0.39, 0.29) is 0 Å². The number of rotatable bonds is 2. The van der Waals surface area contributed by atoms with Crippen molar-refractivity contribution in [1.29, 1.82) is 0 Å². The van der Waals surface area contributed by atoms with Gasteiger partial charge >= 0.3 is 0 Å². The Morgan fingerprint density at radius 2 is 1.32 bits per heavy atom. The van der Waals surface area contributed by atoms with E-state index in [1.54, 1.807) is 0 Å². The maximum absolute atomic E-state index is 4.27. The Kier molecular flexibility index (Phi) is 3.43. The predicted molar refractivity (Wildman–Crippen MR) is 82.8 cm³/mol. The molecule has 1 aromatic heterocycles. The van der Waals surface area contributed by atoms with E-state index in [1.165, 1.54) is 16.7 Å². The van der Waals surface area contributed by atoms with Crippen LogP contribution >= 0.6 is 15.9 Å². The van der Waals surface area contributed by atoms with Gasteiger partial charge in [0.05, 0.1) is 0 Å². The summed E-state index contributed by atoms with van der Waals surface area (Å²) in [6.45, 7) is 0. The summed E-state index contributed by atoms with van der Waals surface area (Å²) < 4.78 is 0.857. The Bertz CT molecular complexity index is 675. The molecule has 3 rings (SSSR count). The molecule has 0 unspecified atom stereocenters. The molecular formula is C17H12BrN. The lowest BCUT2D eigenvalue weighted by atomic mass is 10.0. The molecule has 0 aliphatic carbocycles. The molecule has 0 N–H and O–H groups in total. The highest BCUT2D eigenvalue weighted by molar-refractivity contribution is 9.10. The third kappa shape index (κ3) is 2.74. The molecule has 0 aliphatic heterocycles. The Morgan fingerprint density at radius 3 is 2.00 bits per heavy atom. The lowest BCUT2D eigenvalue weighted by Crippen LogP contribution is -1.82. The number of halogens is 1. The zero-order valence-electron chi connectivity index (χ0n) is 10.3. The molecule has 92 valence electrons. The largest absolute Gasteiger partial charge is 0.249 e. The molecule has 19 heavy (non-hydrogen) atoms. The van der Waals surface area contributed by atoms with Crippen LogP contribution in [-0.2, 0) is 0 Å². The summed E-state index contributed by atoms with van der Waals surface area (Å²) >= 11 is 3.36. The molecule has 2 aromatic carbocycles. The predicted octanol–water partition coefficient (Wildman–Crippen LogP) is 5.18. The molecule has 0 saturated carbocycles. The van der Waals surface area contributed by atoms with E-state index in [0.29, 0.717) is 0 Å². The number of hydrogen-bond acceptors (Lipinski definition) is 1. The second kappa shape index (κ2) is 5.37. The van der Waals surface area contributed by atoms with Crippen LogP contribution in [0.1, 0.15) is 0 Å². The normalized spacial score (nSPS) is 10.4. The summed E-state index contributed by atoms with van der Waals surface area (Å²) in [6, 6.07) is 22.9. The van der Waals surface area contributed by atoms with Crippen LogP contribution < -0.4 is 0 Å². The third-order valence-electron chi connectivity index (χ3n) is 3.03. The van der Waals surface area contributed by atoms with Crippen molar-refractivity contribution in [3.63, 3.8) is 0 Å². The van der Waals surface area contributed by atoms with E-state index in [9.17, 15) is 0 Å². The first-order chi connectivity index (χ1) is 9.33. The standard InChI is InChI=1S/C17H12BrN/c18-17-10-9-16(12-19-17)15-8-4-7-14(11-15)13-5-2-1-3-6-13/h1-12H. The molecule has 3 aromatic rings. The van der Waals surface area contributed by atoms with E-state index in [2.05, 4.69) is 75.5 Å². The van der Waals surface area contributed by atoms with E-state index in [4.69, 9.17) is 0 Å². The molecule has 1 nitrogen and oxygen atoms in total. The van der Waals surface area contributed by atoms with Crippen molar-refractivity contribution in [2.75, 3.05) is 0 Å². The minimum absolute atomic E-state index is 0.857. The van der Waals surface area contributed by atoms with Crippen LogP contribution in [0.3, 0.4) is 0 Å². The molecular weight excluding hydrogens is 298 g/mol. The van der Waals surface area contributed by atoms with Crippen molar-refractivity contribution >= 4 is 15.9 Å². The van der Waals surface area contributed by atoms with Crippen LogP contribution in [-0.4, -0.2) is 4.98 Å². The Balaban J connectivity index is 2.03. The molecule has 0 atom stereocenters. The SMILES string of the molecule is Brc1ccc(-c2cccc(-c3ccccc3)c2)cn1. The highest BCUT2D eigenvalue weighted by Crippen LogP contribution is 2.26. The fourth-order valence-corrected chi connectivity index (χ4v) is 2.29. The molecule has 0 radical (unpaired) electrons. The van der Waals surface area contributed by atoms with Crippen LogP contribution in [0, 0.1) is 0 Å². The lowest BCUT2D eigenvalue weighted by Gasteiger charge is -2.05. The number of hydrogen-bond donors (Lipinski definition) is 0. The topological polar surface area (TPSA) is 12.9 Å². The first kappa shape index (κ1) is 12.1. The summed E-state index contributed by atoms with van der Waals surface area (Å²) in [5, 5.41) is 0. The second-order valence-corrected chi connectivity index (χ2v) is 5.13. The van der Waals surface area contributed by atoms with Crippen molar-refractivity contribution < 1.29 is 0 Å². The fourth-order valence-electron chi connectivity index (χ4n) is 2.06. The van der Waals surface area contributed by atoms with Gasteiger partial charge in [0, 0.05) is 11.8 Å². The van der Waals surface area contributed by atoms with Gasteiger partial charge in [-0.3, -0.25) is 0 Å². The minimum Gasteiger partial charge on any atom is -0.249 e. The zero-order chi connectivity index (χ0) is 13.1. The molecule has 1 heterocycles. The average molecular weight is 310 g/mol. The lowest BCUT2D eigenvalue weighted by molar-refractivity contribution is 1.28. The fraction of sp³-hybridized carbons (Fsp3) is 0. The minimum atomic E-state index is 0.857. The summed E-state index contributed by atoms with van der Waals surface area (Å²) in [7, 11) is 0. The Labute approximate surface area is 121 Å². The van der Waals surface area contributed by atoms with Gasteiger partial charge in [0.15, 0.2) is 0 Å². The smallest absolute Gasteiger partial charge is 0.106 e. The van der Waals surface area contributed by atoms with E-state index in [1.807, 2.05) is 18.3 Å². The van der Waals surface area contributed by atoms with Gasteiger partial charge in [0.1, 0.15) is 4.60 Å². The van der Waals surface area contributed by atoms with Gasteiger partial charge < -0.3 is 0 Å². The maximum Gasteiger partial charge on any atom is 0.106 e. The molecule has 0 aliphatic rings. The first-order valence-electron chi connectivity index (χ1n) is 6.10. The van der Waals surface area contributed by atoms with Crippen molar-refractivity contribution in [3.8, 4) is 22.3 Å². The monoisotopic (exact) mass is 309 g/mol. The molecule has 0 amide bonds. The van der Waals surface area contributed by atoms with Crippen LogP contribution in [0.5, 0.6) is 0 Å². The zero-order valence-corrected chi connectivity index (χ0v) is 11.8. The van der Waals surface area contributed by atoms with Gasteiger partial charge in [-0.15, -0.1) is 0 Å². The molecule has 0 bridgehead atoms. The van der Waals surface area contributed by atoms with Crippen molar-refractivity contribution in [2.24, 2.45) is 0 Å². The van der Waals surface area contributed by atoms with Crippen LogP contribution in [0.2, 0.25) is 0 Å². The highest BCUT2D eigenvalue weighted by Gasteiger charge is 2.01. The van der Waals surface area contributed by atoms with Crippen LogP contribution in [0.15, 0.2) is 77.5 Å². The van der Waals surface area contributed by atoms with Crippen molar-refractivity contribution in [2.45, 2.75) is 0 Å². The molecule has 0 fully saturated rings. The van der Waals surface area contributed by atoms with Gasteiger partial charge in [-0.25, -0.2) is 4.98 Å². The van der Waals surface area contributed by atoms with Gasteiger partial charge in [0.25, 0.3) is 0 Å². The number of benzene rings is 2. The van der Waals surface area contributed by atoms with E-state index in [0.717, 1.165) is 10.2 Å². The van der Waals surface area contributed by atoms with Gasteiger partial charge in [-0.1, -0.05) is 54.6 Å². The average Bonchev–Trinajstić information content (AvgIpc) is 2.49. The Hall–Kier alpha value is -1.93. The highest BCUT2D eigenvalue weighted by atomic mass is 79.9. The molecule has 0 saturated heterocycles. The quantitative estimate of drug-likeness (QED) is 0.594. The summed E-state index contributed by atoms with van der Waals surface area (Å²) in [6.07, 6.45) is 1.88. The van der Waals surface area contributed by atoms with Gasteiger partial charge in [-0.2, -0.15) is 0 Å². The van der Waals surface area contributed by atoms with Gasteiger partial charge in [0.2, 0.25) is 0 Å². The Morgan fingerprint density at radius 1 is 0.632 bits per heavy atom. The van der Waals surface area contributed by atoms with Crippen molar-refractivity contribution in [3.05, 3.63) is 77.5 Å². The second-order valence-electron chi connectivity index (χ2n) is 4.32. The molecule has 0 spiro atoms. The maximum atomic E-state index is 4.27. The third-order valence-corrected chi connectivity index (χ3v) is 3.50. The number of nitrogens with zero attached hydrogens (tertiary/aromatic N) is 1. The van der Waals surface area contributed by atoms with Crippen LogP contribution in [0.25, 0.3) is 22.3 Å². The molecule has 2 heteroatoms. The number of aromatic nitrogens is 1. The van der Waals surface area contributed by atoms with E-state index < -0.39 is 0 Å².